The minimum atomic E-state index is -0.151. The smallest absolute Gasteiger partial charge is 0.307 e. The lowest BCUT2D eigenvalue weighted by molar-refractivity contribution is -0.146. The van der Waals surface area contributed by atoms with Gasteiger partial charge in [-0.3, -0.25) is 9.59 Å². The Balaban J connectivity index is 1.93. The first-order valence-electron chi connectivity index (χ1n) is 21.4. The lowest BCUT2D eigenvalue weighted by Gasteiger charge is -2.22. The van der Waals surface area contributed by atoms with Crippen LogP contribution in [0.15, 0.2) is 48.5 Å². The van der Waals surface area contributed by atoms with Crippen molar-refractivity contribution in [3.05, 3.63) is 59.7 Å². The Morgan fingerprint density at radius 2 is 0.731 bits per heavy atom. The average molecular weight is 721 g/mol. The Labute approximate surface area is 319 Å². The molecule has 6 nitrogen and oxygen atoms in total. The van der Waals surface area contributed by atoms with Crippen LogP contribution in [0.3, 0.4) is 0 Å². The van der Waals surface area contributed by atoms with Gasteiger partial charge in [-0.1, -0.05) is 166 Å². The van der Waals surface area contributed by atoms with Crippen LogP contribution in [0.2, 0.25) is 0 Å². The molecule has 0 aliphatic rings. The van der Waals surface area contributed by atoms with Gasteiger partial charge >= 0.3 is 11.9 Å². The van der Waals surface area contributed by atoms with Crippen LogP contribution in [-0.2, 0) is 32.3 Å². The van der Waals surface area contributed by atoms with Crippen molar-refractivity contribution in [1.82, 2.24) is 9.80 Å². The summed E-state index contributed by atoms with van der Waals surface area (Å²) in [6.07, 6.45) is 23.3. The van der Waals surface area contributed by atoms with Gasteiger partial charge in [0, 0.05) is 13.1 Å². The molecule has 0 aliphatic heterocycles. The average Bonchev–Trinajstić information content (AvgIpc) is 3.17. The van der Waals surface area contributed by atoms with E-state index in [0.29, 0.717) is 12.8 Å². The van der Waals surface area contributed by atoms with E-state index in [4.69, 9.17) is 9.47 Å². The molecule has 0 N–H and O–H groups in total. The highest BCUT2D eigenvalue weighted by Gasteiger charge is 2.15. The van der Waals surface area contributed by atoms with Gasteiger partial charge in [-0.15, -0.1) is 0 Å². The molecule has 0 atom stereocenters. The van der Waals surface area contributed by atoms with Crippen molar-refractivity contribution in [3.63, 3.8) is 0 Å². The van der Waals surface area contributed by atoms with Crippen molar-refractivity contribution in [3.8, 4) is 11.1 Å². The maximum absolute atomic E-state index is 13.0. The molecule has 2 aromatic carbocycles. The summed E-state index contributed by atoms with van der Waals surface area (Å²) in [7, 11) is 0. The van der Waals surface area contributed by atoms with Crippen molar-refractivity contribution < 1.29 is 19.1 Å². The minimum Gasteiger partial charge on any atom is -0.461 e. The summed E-state index contributed by atoms with van der Waals surface area (Å²) in [4.78, 5) is 30.9. The standard InChI is InChI=1S/C46H76N2O4/c1-5-9-13-17-25-35-47(33-23-15-11-7-3)37-31-45(49)51-39-41-27-19-21-29-43(41)44-30-22-20-28-42(44)40-52-46(50)32-38-48(34-24-16-12-8-4)36-26-18-14-10-6-2/h19-22,27-30H,5-18,23-26,31-40H2,1-4H3. The van der Waals surface area contributed by atoms with E-state index in [1.54, 1.807) is 0 Å². The Bertz CT molecular complexity index is 1090. The molecule has 294 valence electrons. The SMILES string of the molecule is CCCCCCCN(CCCCCC)CCC(=O)OCc1ccccc1-c1ccccc1COC(=O)CCN(CCCCCC)CCCCCCC. The molecular weight excluding hydrogens is 645 g/mol. The molecule has 52 heavy (non-hydrogen) atoms. The van der Waals surface area contributed by atoms with Gasteiger partial charge in [0.05, 0.1) is 12.8 Å². The Hall–Kier alpha value is -2.70. The number of carbonyl (C=O) groups excluding carboxylic acids is 2. The molecule has 0 saturated carbocycles. The first kappa shape index (κ1) is 45.5. The molecule has 0 fully saturated rings. The first-order valence-corrected chi connectivity index (χ1v) is 21.4. The topological polar surface area (TPSA) is 59.1 Å². The summed E-state index contributed by atoms with van der Waals surface area (Å²) in [6, 6.07) is 16.2. The Morgan fingerprint density at radius 3 is 1.08 bits per heavy atom. The second-order valence-electron chi connectivity index (χ2n) is 14.8. The molecule has 0 aliphatic carbocycles. The largest absolute Gasteiger partial charge is 0.461 e. The number of carbonyl (C=O) groups is 2. The lowest BCUT2D eigenvalue weighted by atomic mass is 9.96. The molecule has 0 spiro atoms. The summed E-state index contributed by atoms with van der Waals surface area (Å²) in [5, 5.41) is 0. The number of benzene rings is 2. The van der Waals surface area contributed by atoms with Crippen molar-refractivity contribution >= 4 is 11.9 Å². The zero-order valence-corrected chi connectivity index (χ0v) is 33.9. The van der Waals surface area contributed by atoms with Crippen LogP contribution in [0.5, 0.6) is 0 Å². The van der Waals surface area contributed by atoms with Crippen LogP contribution in [0.25, 0.3) is 11.1 Å². The molecule has 0 unspecified atom stereocenters. The quantitative estimate of drug-likeness (QED) is 0.0540. The van der Waals surface area contributed by atoms with Crippen LogP contribution in [0.4, 0.5) is 0 Å². The number of rotatable bonds is 33. The molecule has 6 heteroatoms. The van der Waals surface area contributed by atoms with Gasteiger partial charge in [-0.05, 0) is 74.1 Å². The zero-order valence-electron chi connectivity index (χ0n) is 33.9. The predicted octanol–water partition coefficient (Wildman–Crippen LogP) is 11.9. The molecule has 2 rings (SSSR count). The van der Waals surface area contributed by atoms with Crippen molar-refractivity contribution in [2.75, 3.05) is 39.3 Å². The molecule has 2 aromatic rings. The van der Waals surface area contributed by atoms with Gasteiger partial charge in [-0.2, -0.15) is 0 Å². The zero-order chi connectivity index (χ0) is 37.5. The molecule has 0 aromatic heterocycles. The van der Waals surface area contributed by atoms with Crippen molar-refractivity contribution in [1.29, 1.82) is 0 Å². The molecule has 0 radical (unpaired) electrons. The van der Waals surface area contributed by atoms with Crippen molar-refractivity contribution in [2.24, 2.45) is 0 Å². The van der Waals surface area contributed by atoms with Crippen LogP contribution >= 0.6 is 0 Å². The molecule has 0 amide bonds. The third-order valence-electron chi connectivity index (χ3n) is 10.2. The molecule has 0 heterocycles. The van der Waals surface area contributed by atoms with E-state index in [9.17, 15) is 9.59 Å². The van der Waals surface area contributed by atoms with Gasteiger partial charge in [0.1, 0.15) is 13.2 Å². The van der Waals surface area contributed by atoms with E-state index in [1.807, 2.05) is 36.4 Å². The van der Waals surface area contributed by atoms with Gasteiger partial charge < -0.3 is 19.3 Å². The van der Waals surface area contributed by atoms with E-state index < -0.39 is 0 Å². The second kappa shape index (κ2) is 30.7. The number of esters is 2. The molecular formula is C46H76N2O4. The van der Waals surface area contributed by atoms with E-state index in [2.05, 4.69) is 49.6 Å². The van der Waals surface area contributed by atoms with E-state index >= 15 is 0 Å². The molecule has 0 saturated heterocycles. The van der Waals surface area contributed by atoms with Gasteiger partial charge in [0.2, 0.25) is 0 Å². The van der Waals surface area contributed by atoms with Gasteiger partial charge in [-0.25, -0.2) is 0 Å². The highest BCUT2D eigenvalue weighted by Crippen LogP contribution is 2.28. The maximum Gasteiger partial charge on any atom is 0.307 e. The van der Waals surface area contributed by atoms with Crippen LogP contribution < -0.4 is 0 Å². The fourth-order valence-corrected chi connectivity index (χ4v) is 6.85. The third-order valence-corrected chi connectivity index (χ3v) is 10.2. The second-order valence-corrected chi connectivity index (χ2v) is 14.8. The van der Waals surface area contributed by atoms with E-state index in [0.717, 1.165) is 61.5 Å². The van der Waals surface area contributed by atoms with E-state index in [-0.39, 0.29) is 25.2 Å². The summed E-state index contributed by atoms with van der Waals surface area (Å²) >= 11 is 0. The summed E-state index contributed by atoms with van der Waals surface area (Å²) < 4.78 is 11.7. The van der Waals surface area contributed by atoms with Crippen molar-refractivity contribution in [2.45, 2.75) is 169 Å². The number of unbranched alkanes of at least 4 members (excludes halogenated alkanes) is 14. The summed E-state index contributed by atoms with van der Waals surface area (Å²) in [6.45, 7) is 15.2. The number of hydrogen-bond donors (Lipinski definition) is 0. The normalized spacial score (nSPS) is 11.4. The van der Waals surface area contributed by atoms with Gasteiger partial charge in [0.15, 0.2) is 0 Å². The van der Waals surface area contributed by atoms with Crippen LogP contribution in [-0.4, -0.2) is 61.0 Å². The Kier molecular flexibility index (Phi) is 26.9. The highest BCUT2D eigenvalue weighted by atomic mass is 16.5. The number of hydrogen-bond acceptors (Lipinski definition) is 6. The lowest BCUT2D eigenvalue weighted by Crippen LogP contribution is -2.29. The summed E-state index contributed by atoms with van der Waals surface area (Å²) in [5.74, 6) is -0.302. The van der Waals surface area contributed by atoms with E-state index in [1.165, 1.54) is 116 Å². The van der Waals surface area contributed by atoms with Gasteiger partial charge in [0.25, 0.3) is 0 Å². The minimum absolute atomic E-state index is 0.151. The first-order chi connectivity index (χ1) is 25.5. The fourth-order valence-electron chi connectivity index (χ4n) is 6.85. The maximum atomic E-state index is 13.0. The Morgan fingerprint density at radius 1 is 0.423 bits per heavy atom. The van der Waals surface area contributed by atoms with Crippen LogP contribution in [0, 0.1) is 0 Å². The summed E-state index contributed by atoms with van der Waals surface area (Å²) in [5.41, 5.74) is 3.93. The fraction of sp³-hybridized carbons (Fsp3) is 0.696. The predicted molar refractivity (Wildman–Crippen MR) is 219 cm³/mol. The number of nitrogens with zero attached hydrogens (tertiary/aromatic N) is 2. The molecule has 0 bridgehead atoms. The number of ether oxygens (including phenoxy) is 2. The van der Waals surface area contributed by atoms with Crippen LogP contribution in [0.1, 0.15) is 167 Å². The highest BCUT2D eigenvalue weighted by molar-refractivity contribution is 5.73. The third kappa shape index (κ3) is 21.1. The monoisotopic (exact) mass is 721 g/mol.